The second-order valence-corrected chi connectivity index (χ2v) is 8.98. The molecular formula is C27H25Cl2N3O2. The Hall–Kier alpha value is -3.28. The molecule has 1 heterocycles. The predicted octanol–water partition coefficient (Wildman–Crippen LogP) is 5.92. The first-order chi connectivity index (χ1) is 16.4. The maximum atomic E-state index is 12.9. The van der Waals surface area contributed by atoms with Crippen LogP contribution in [0.1, 0.15) is 21.5 Å². The number of piperazine rings is 1. The number of carbonyl (C=O) groups is 2. The van der Waals surface area contributed by atoms with Gasteiger partial charge in [-0.25, -0.2) is 0 Å². The smallest absolute Gasteiger partial charge is 0.254 e. The monoisotopic (exact) mass is 493 g/mol. The van der Waals surface area contributed by atoms with Crippen LogP contribution < -0.4 is 10.2 Å². The van der Waals surface area contributed by atoms with Gasteiger partial charge < -0.3 is 15.1 Å². The average Bonchev–Trinajstić information content (AvgIpc) is 2.84. The third-order valence-electron chi connectivity index (χ3n) is 5.80. The minimum Gasteiger partial charge on any atom is -0.367 e. The van der Waals surface area contributed by atoms with Crippen molar-refractivity contribution in [2.75, 3.05) is 36.4 Å². The van der Waals surface area contributed by atoms with Crippen molar-refractivity contribution in [3.05, 3.63) is 99.5 Å². The van der Waals surface area contributed by atoms with Crippen molar-refractivity contribution in [2.45, 2.75) is 6.92 Å². The summed E-state index contributed by atoms with van der Waals surface area (Å²) < 4.78 is 0. The molecule has 174 valence electrons. The normalized spacial score (nSPS) is 13.9. The quantitative estimate of drug-likeness (QED) is 0.449. The Balaban J connectivity index is 1.34. The number of carbonyl (C=O) groups excluding carboxylic acids is 2. The van der Waals surface area contributed by atoms with E-state index in [0.717, 1.165) is 22.4 Å². The lowest BCUT2D eigenvalue weighted by molar-refractivity contribution is -0.111. The van der Waals surface area contributed by atoms with Crippen LogP contribution in [0, 0.1) is 6.92 Å². The highest BCUT2D eigenvalue weighted by atomic mass is 35.5. The van der Waals surface area contributed by atoms with Gasteiger partial charge in [-0.2, -0.15) is 0 Å². The number of hydrogen-bond donors (Lipinski definition) is 1. The third kappa shape index (κ3) is 5.79. The van der Waals surface area contributed by atoms with Gasteiger partial charge in [0.05, 0.1) is 10.7 Å². The molecule has 4 rings (SSSR count). The van der Waals surface area contributed by atoms with E-state index in [0.29, 0.717) is 41.9 Å². The summed E-state index contributed by atoms with van der Waals surface area (Å²) in [5.41, 5.74) is 4.12. The summed E-state index contributed by atoms with van der Waals surface area (Å²) in [4.78, 5) is 29.2. The number of nitrogens with zero attached hydrogens (tertiary/aromatic N) is 2. The Morgan fingerprint density at radius 3 is 2.29 bits per heavy atom. The molecule has 3 aromatic carbocycles. The molecule has 1 N–H and O–H groups in total. The van der Waals surface area contributed by atoms with Gasteiger partial charge in [0.15, 0.2) is 0 Å². The predicted molar refractivity (Wildman–Crippen MR) is 140 cm³/mol. The van der Waals surface area contributed by atoms with E-state index in [1.807, 2.05) is 60.4 Å². The minimum atomic E-state index is -0.248. The summed E-state index contributed by atoms with van der Waals surface area (Å²) in [6.45, 7) is 4.58. The fourth-order valence-electron chi connectivity index (χ4n) is 3.90. The summed E-state index contributed by atoms with van der Waals surface area (Å²) in [6, 6.07) is 20.4. The zero-order chi connectivity index (χ0) is 24.1. The van der Waals surface area contributed by atoms with Crippen LogP contribution >= 0.6 is 23.2 Å². The van der Waals surface area contributed by atoms with Gasteiger partial charge in [0.2, 0.25) is 5.91 Å². The maximum absolute atomic E-state index is 12.9. The molecule has 0 atom stereocenters. The van der Waals surface area contributed by atoms with Gasteiger partial charge in [0.25, 0.3) is 5.91 Å². The van der Waals surface area contributed by atoms with E-state index in [4.69, 9.17) is 23.2 Å². The van der Waals surface area contributed by atoms with Gasteiger partial charge in [-0.05, 0) is 60.5 Å². The van der Waals surface area contributed by atoms with Crippen molar-refractivity contribution in [2.24, 2.45) is 0 Å². The van der Waals surface area contributed by atoms with Crippen molar-refractivity contribution in [3.63, 3.8) is 0 Å². The Labute approximate surface area is 209 Å². The molecule has 7 heteroatoms. The Morgan fingerprint density at radius 1 is 0.912 bits per heavy atom. The number of amides is 2. The SMILES string of the molecule is Cc1ccccc1C(=O)N1CCN(c2ccc(NC(=O)C=Cc3ccc(Cl)cc3)cc2Cl)CC1. The fourth-order valence-corrected chi connectivity index (χ4v) is 4.33. The molecule has 0 aliphatic carbocycles. The summed E-state index contributed by atoms with van der Waals surface area (Å²) >= 11 is 12.4. The van der Waals surface area contributed by atoms with Crippen LogP contribution in [0.2, 0.25) is 10.0 Å². The van der Waals surface area contributed by atoms with Crippen molar-refractivity contribution < 1.29 is 9.59 Å². The number of hydrogen-bond acceptors (Lipinski definition) is 3. The van der Waals surface area contributed by atoms with Gasteiger partial charge in [-0.1, -0.05) is 53.5 Å². The zero-order valence-electron chi connectivity index (χ0n) is 18.8. The third-order valence-corrected chi connectivity index (χ3v) is 6.35. The second-order valence-electron chi connectivity index (χ2n) is 8.13. The van der Waals surface area contributed by atoms with E-state index in [-0.39, 0.29) is 11.8 Å². The van der Waals surface area contributed by atoms with Crippen molar-refractivity contribution in [1.82, 2.24) is 4.90 Å². The van der Waals surface area contributed by atoms with E-state index in [2.05, 4.69) is 10.2 Å². The maximum Gasteiger partial charge on any atom is 0.254 e. The highest BCUT2D eigenvalue weighted by Crippen LogP contribution is 2.30. The molecule has 34 heavy (non-hydrogen) atoms. The number of aryl methyl sites for hydroxylation is 1. The lowest BCUT2D eigenvalue weighted by Gasteiger charge is -2.36. The van der Waals surface area contributed by atoms with E-state index < -0.39 is 0 Å². The number of anilines is 2. The van der Waals surface area contributed by atoms with Gasteiger partial charge in [0, 0.05) is 48.5 Å². The molecule has 1 aliphatic rings. The molecule has 0 unspecified atom stereocenters. The molecule has 0 spiro atoms. The topological polar surface area (TPSA) is 52.7 Å². The van der Waals surface area contributed by atoms with Crippen LogP contribution in [0.15, 0.2) is 72.8 Å². The molecular weight excluding hydrogens is 469 g/mol. The lowest BCUT2D eigenvalue weighted by Crippen LogP contribution is -2.49. The van der Waals surface area contributed by atoms with Crippen molar-refractivity contribution >= 4 is 52.5 Å². The number of benzene rings is 3. The van der Waals surface area contributed by atoms with Gasteiger partial charge >= 0.3 is 0 Å². The van der Waals surface area contributed by atoms with Crippen LogP contribution in [-0.4, -0.2) is 42.9 Å². The molecule has 3 aromatic rings. The highest BCUT2D eigenvalue weighted by molar-refractivity contribution is 6.33. The van der Waals surface area contributed by atoms with Gasteiger partial charge in [-0.3, -0.25) is 9.59 Å². The lowest BCUT2D eigenvalue weighted by atomic mass is 10.1. The fraction of sp³-hybridized carbons (Fsp3) is 0.185. The summed E-state index contributed by atoms with van der Waals surface area (Å²) in [5.74, 6) is -0.185. The largest absolute Gasteiger partial charge is 0.367 e. The number of rotatable bonds is 5. The minimum absolute atomic E-state index is 0.0635. The van der Waals surface area contributed by atoms with Gasteiger partial charge in [0.1, 0.15) is 0 Å². The van der Waals surface area contributed by atoms with Crippen LogP contribution in [0.25, 0.3) is 6.08 Å². The summed E-state index contributed by atoms with van der Waals surface area (Å²) in [7, 11) is 0. The summed E-state index contributed by atoms with van der Waals surface area (Å²) in [6.07, 6.45) is 3.19. The molecule has 0 aromatic heterocycles. The standard InChI is InChI=1S/C27H25Cl2N3O2/c1-19-4-2-3-5-23(19)27(34)32-16-14-31(15-17-32)25-12-11-22(18-24(25)29)30-26(33)13-8-20-6-9-21(28)10-7-20/h2-13,18H,14-17H2,1H3,(H,30,33). The Bertz CT molecular complexity index is 1220. The number of nitrogens with one attached hydrogen (secondary N) is 1. The van der Waals surface area contributed by atoms with E-state index >= 15 is 0 Å². The van der Waals surface area contributed by atoms with Gasteiger partial charge in [-0.15, -0.1) is 0 Å². The first kappa shape index (κ1) is 23.9. The zero-order valence-corrected chi connectivity index (χ0v) is 20.3. The first-order valence-corrected chi connectivity index (χ1v) is 11.8. The molecule has 2 amide bonds. The van der Waals surface area contributed by atoms with Crippen LogP contribution in [0.3, 0.4) is 0 Å². The molecule has 1 aliphatic heterocycles. The van der Waals surface area contributed by atoms with Crippen LogP contribution in [0.5, 0.6) is 0 Å². The first-order valence-electron chi connectivity index (χ1n) is 11.0. The summed E-state index contributed by atoms with van der Waals surface area (Å²) in [5, 5.41) is 4.03. The molecule has 0 saturated carbocycles. The Kier molecular flexibility index (Phi) is 7.56. The molecule has 1 fully saturated rings. The average molecular weight is 494 g/mol. The molecule has 1 saturated heterocycles. The van der Waals surface area contributed by atoms with E-state index in [9.17, 15) is 9.59 Å². The second kappa shape index (κ2) is 10.8. The highest BCUT2D eigenvalue weighted by Gasteiger charge is 2.24. The van der Waals surface area contributed by atoms with Crippen LogP contribution in [-0.2, 0) is 4.79 Å². The van der Waals surface area contributed by atoms with Crippen molar-refractivity contribution in [3.8, 4) is 0 Å². The number of halogens is 2. The van der Waals surface area contributed by atoms with E-state index in [1.54, 1.807) is 24.3 Å². The molecule has 0 bridgehead atoms. The van der Waals surface area contributed by atoms with Crippen molar-refractivity contribution in [1.29, 1.82) is 0 Å². The Morgan fingerprint density at radius 2 is 1.62 bits per heavy atom. The van der Waals surface area contributed by atoms with E-state index in [1.165, 1.54) is 6.08 Å². The van der Waals surface area contributed by atoms with Crippen LogP contribution in [0.4, 0.5) is 11.4 Å². The molecule has 0 radical (unpaired) electrons. The molecule has 5 nitrogen and oxygen atoms in total.